The lowest BCUT2D eigenvalue weighted by Gasteiger charge is -2.22. The summed E-state index contributed by atoms with van der Waals surface area (Å²) in [5.74, 6) is 0. The van der Waals surface area contributed by atoms with E-state index >= 15 is 0 Å². The summed E-state index contributed by atoms with van der Waals surface area (Å²) in [7, 11) is -3.33. The van der Waals surface area contributed by atoms with Crippen molar-refractivity contribution in [1.29, 1.82) is 0 Å². The first-order valence-electron chi connectivity index (χ1n) is 6.51. The van der Waals surface area contributed by atoms with Gasteiger partial charge < -0.3 is 5.32 Å². The summed E-state index contributed by atoms with van der Waals surface area (Å²) in [6.45, 7) is 6.61. The molecule has 1 aromatic rings. The van der Waals surface area contributed by atoms with Crippen molar-refractivity contribution in [3.05, 3.63) is 28.0 Å². The molecule has 0 bridgehead atoms. The quantitative estimate of drug-likeness (QED) is 0.847. The number of rotatable bonds is 5. The topological polar surface area (TPSA) is 49.4 Å². The van der Waals surface area contributed by atoms with Crippen LogP contribution >= 0.6 is 11.3 Å². The van der Waals surface area contributed by atoms with E-state index in [1.54, 1.807) is 15.6 Å². The van der Waals surface area contributed by atoms with Gasteiger partial charge in [-0.3, -0.25) is 0 Å². The maximum atomic E-state index is 12.6. The van der Waals surface area contributed by atoms with Crippen LogP contribution in [0.5, 0.6) is 0 Å². The van der Waals surface area contributed by atoms with Crippen LogP contribution in [0, 0.1) is 6.92 Å². The molecular formula is C13H20N2O2S2. The molecule has 0 spiro atoms. The van der Waals surface area contributed by atoms with Crippen LogP contribution in [0.2, 0.25) is 0 Å². The molecule has 0 saturated carbocycles. The van der Waals surface area contributed by atoms with Crippen LogP contribution in [0.4, 0.5) is 0 Å². The summed E-state index contributed by atoms with van der Waals surface area (Å²) >= 11 is 1.56. The lowest BCUT2D eigenvalue weighted by molar-refractivity contribution is 0.437. The standard InChI is InChI=1S/C13H20N2O2S2/c1-3-14-10-12-9-13(11(2)18-12)19(16,17)15-7-5-4-6-8-15/h4-5,9,14H,3,6-8,10H2,1-2H3. The molecule has 0 atom stereocenters. The first kappa shape index (κ1) is 14.7. The minimum Gasteiger partial charge on any atom is -0.312 e. The van der Waals surface area contributed by atoms with Gasteiger partial charge in [0.15, 0.2) is 0 Å². The summed E-state index contributed by atoms with van der Waals surface area (Å²) in [6.07, 6.45) is 4.75. The Bertz CT molecular complexity index is 561. The molecular weight excluding hydrogens is 280 g/mol. The predicted octanol–water partition coefficient (Wildman–Crippen LogP) is 2.12. The second-order valence-corrected chi connectivity index (χ2v) is 7.78. The minimum absolute atomic E-state index is 0.473. The SMILES string of the molecule is CCNCc1cc(S(=O)(=O)N2CC=CCC2)c(C)s1. The van der Waals surface area contributed by atoms with Gasteiger partial charge in [-0.2, -0.15) is 4.31 Å². The normalized spacial score (nSPS) is 16.9. The third-order valence-electron chi connectivity index (χ3n) is 3.11. The Morgan fingerprint density at radius 3 is 2.84 bits per heavy atom. The lowest BCUT2D eigenvalue weighted by Crippen LogP contribution is -2.33. The molecule has 6 heteroatoms. The Morgan fingerprint density at radius 2 is 2.21 bits per heavy atom. The van der Waals surface area contributed by atoms with Crippen molar-refractivity contribution < 1.29 is 8.42 Å². The fraction of sp³-hybridized carbons (Fsp3) is 0.538. The van der Waals surface area contributed by atoms with Crippen molar-refractivity contribution in [1.82, 2.24) is 9.62 Å². The van der Waals surface area contributed by atoms with Crippen LogP contribution in [0.1, 0.15) is 23.1 Å². The number of sulfonamides is 1. The molecule has 4 nitrogen and oxygen atoms in total. The second-order valence-electron chi connectivity index (χ2n) is 4.54. The number of nitrogens with zero attached hydrogens (tertiary/aromatic N) is 1. The molecule has 0 unspecified atom stereocenters. The molecule has 1 N–H and O–H groups in total. The summed E-state index contributed by atoms with van der Waals surface area (Å²) in [4.78, 5) is 2.42. The molecule has 1 aliphatic rings. The van der Waals surface area contributed by atoms with Gasteiger partial charge in [0.2, 0.25) is 10.0 Å². The number of thiophene rings is 1. The van der Waals surface area contributed by atoms with Gasteiger partial charge in [0, 0.05) is 29.4 Å². The highest BCUT2D eigenvalue weighted by Crippen LogP contribution is 2.28. The molecule has 0 radical (unpaired) electrons. The van der Waals surface area contributed by atoms with Gasteiger partial charge in [-0.15, -0.1) is 11.3 Å². The van der Waals surface area contributed by atoms with Crippen LogP contribution in [-0.4, -0.2) is 32.4 Å². The molecule has 106 valence electrons. The van der Waals surface area contributed by atoms with Gasteiger partial charge in [0.05, 0.1) is 4.90 Å². The van der Waals surface area contributed by atoms with Crippen molar-refractivity contribution in [2.75, 3.05) is 19.6 Å². The zero-order valence-corrected chi connectivity index (χ0v) is 13.0. The highest BCUT2D eigenvalue weighted by atomic mass is 32.2. The van der Waals surface area contributed by atoms with E-state index in [0.29, 0.717) is 18.0 Å². The predicted molar refractivity (Wildman–Crippen MR) is 79.0 cm³/mol. The molecule has 2 rings (SSSR count). The van der Waals surface area contributed by atoms with Crippen LogP contribution in [0.25, 0.3) is 0 Å². The average Bonchev–Trinajstić information content (AvgIpc) is 2.79. The first-order valence-corrected chi connectivity index (χ1v) is 8.76. The largest absolute Gasteiger partial charge is 0.312 e. The van der Waals surface area contributed by atoms with E-state index < -0.39 is 10.0 Å². The third kappa shape index (κ3) is 3.25. The van der Waals surface area contributed by atoms with Gasteiger partial charge in [-0.25, -0.2) is 8.42 Å². The van der Waals surface area contributed by atoms with E-state index in [1.165, 1.54) is 0 Å². The monoisotopic (exact) mass is 300 g/mol. The van der Waals surface area contributed by atoms with Crippen molar-refractivity contribution in [2.24, 2.45) is 0 Å². The van der Waals surface area contributed by atoms with Gasteiger partial charge in [0.1, 0.15) is 0 Å². The van der Waals surface area contributed by atoms with Crippen LogP contribution in [-0.2, 0) is 16.6 Å². The molecule has 1 aromatic heterocycles. The molecule has 0 aromatic carbocycles. The smallest absolute Gasteiger partial charge is 0.244 e. The molecule has 2 heterocycles. The van der Waals surface area contributed by atoms with Crippen molar-refractivity contribution in [3.8, 4) is 0 Å². The highest BCUT2D eigenvalue weighted by molar-refractivity contribution is 7.89. The second kappa shape index (κ2) is 6.17. The van der Waals surface area contributed by atoms with Crippen LogP contribution < -0.4 is 5.32 Å². The summed E-state index contributed by atoms with van der Waals surface area (Å²) in [5, 5.41) is 3.23. The number of nitrogens with one attached hydrogen (secondary N) is 1. The number of aryl methyl sites for hydroxylation is 1. The van der Waals surface area contributed by atoms with Gasteiger partial charge in [0.25, 0.3) is 0 Å². The molecule has 0 aliphatic carbocycles. The zero-order chi connectivity index (χ0) is 13.9. The molecule has 0 fully saturated rings. The Hall–Kier alpha value is -0.690. The summed E-state index contributed by atoms with van der Waals surface area (Å²) < 4.78 is 26.7. The van der Waals surface area contributed by atoms with Crippen molar-refractivity contribution in [3.63, 3.8) is 0 Å². The average molecular weight is 300 g/mol. The van der Waals surface area contributed by atoms with Crippen LogP contribution in [0.3, 0.4) is 0 Å². The van der Waals surface area contributed by atoms with Crippen molar-refractivity contribution in [2.45, 2.75) is 31.7 Å². The Balaban J connectivity index is 2.24. The van der Waals surface area contributed by atoms with Crippen LogP contribution in [0.15, 0.2) is 23.1 Å². The number of hydrogen-bond acceptors (Lipinski definition) is 4. The third-order valence-corrected chi connectivity index (χ3v) is 6.28. The van der Waals surface area contributed by atoms with Gasteiger partial charge >= 0.3 is 0 Å². The Labute approximate surface area is 119 Å². The van der Waals surface area contributed by atoms with Crippen molar-refractivity contribution >= 4 is 21.4 Å². The summed E-state index contributed by atoms with van der Waals surface area (Å²) in [5.41, 5.74) is 0. The van der Waals surface area contributed by atoms with E-state index in [0.717, 1.165) is 29.3 Å². The highest BCUT2D eigenvalue weighted by Gasteiger charge is 2.27. The Kier molecular flexibility index (Phi) is 4.78. The Morgan fingerprint density at radius 1 is 1.42 bits per heavy atom. The van der Waals surface area contributed by atoms with Gasteiger partial charge in [-0.1, -0.05) is 19.1 Å². The van der Waals surface area contributed by atoms with E-state index in [2.05, 4.69) is 5.32 Å². The maximum absolute atomic E-state index is 12.6. The fourth-order valence-corrected chi connectivity index (χ4v) is 5.07. The lowest BCUT2D eigenvalue weighted by atomic mass is 10.3. The zero-order valence-electron chi connectivity index (χ0n) is 11.3. The van der Waals surface area contributed by atoms with E-state index in [-0.39, 0.29) is 0 Å². The van der Waals surface area contributed by atoms with E-state index in [9.17, 15) is 8.42 Å². The summed E-state index contributed by atoms with van der Waals surface area (Å²) in [6, 6.07) is 1.82. The minimum atomic E-state index is -3.33. The number of hydrogen-bond donors (Lipinski definition) is 1. The molecule has 0 amide bonds. The van der Waals surface area contributed by atoms with Gasteiger partial charge in [-0.05, 0) is 26.0 Å². The molecule has 19 heavy (non-hydrogen) atoms. The maximum Gasteiger partial charge on any atom is 0.244 e. The fourth-order valence-electron chi connectivity index (χ4n) is 2.09. The van der Waals surface area contributed by atoms with E-state index in [4.69, 9.17) is 0 Å². The molecule has 0 saturated heterocycles. The first-order chi connectivity index (χ1) is 9.05. The molecule has 1 aliphatic heterocycles. The van der Waals surface area contributed by atoms with E-state index in [1.807, 2.05) is 32.1 Å².